The molecule has 1 atom stereocenters. The summed E-state index contributed by atoms with van der Waals surface area (Å²) in [5.74, 6) is 1.27. The summed E-state index contributed by atoms with van der Waals surface area (Å²) >= 11 is 0. The zero-order chi connectivity index (χ0) is 18.4. The van der Waals surface area contributed by atoms with E-state index in [1.54, 1.807) is 7.05 Å². The lowest BCUT2D eigenvalue weighted by Crippen LogP contribution is -2.58. The first-order valence-corrected chi connectivity index (χ1v) is 9.60. The van der Waals surface area contributed by atoms with Crippen molar-refractivity contribution in [2.75, 3.05) is 39.8 Å². The quantitative estimate of drug-likeness (QED) is 0.836. The summed E-state index contributed by atoms with van der Waals surface area (Å²) in [7, 11) is 1.71. The fourth-order valence-corrected chi connectivity index (χ4v) is 4.10. The minimum absolute atomic E-state index is 0.00543. The van der Waals surface area contributed by atoms with Crippen molar-refractivity contribution in [1.29, 1.82) is 0 Å². The van der Waals surface area contributed by atoms with Crippen LogP contribution in [0.25, 0.3) is 0 Å². The van der Waals surface area contributed by atoms with Gasteiger partial charge < -0.3 is 15.0 Å². The number of carbonyl (C=O) groups excluding carboxylic acids is 2. The van der Waals surface area contributed by atoms with Gasteiger partial charge in [-0.2, -0.15) is 0 Å². The van der Waals surface area contributed by atoms with Crippen molar-refractivity contribution in [2.45, 2.75) is 31.7 Å². The minimum Gasteiger partial charge on any atom is -0.484 e. The lowest BCUT2D eigenvalue weighted by Gasteiger charge is -2.40. The van der Waals surface area contributed by atoms with Crippen LogP contribution in [0, 0.1) is 5.92 Å². The van der Waals surface area contributed by atoms with E-state index in [1.165, 1.54) is 12.8 Å². The monoisotopic (exact) mass is 359 g/mol. The molecule has 6 nitrogen and oxygen atoms in total. The van der Waals surface area contributed by atoms with E-state index in [9.17, 15) is 9.59 Å². The van der Waals surface area contributed by atoms with Gasteiger partial charge in [0.1, 0.15) is 5.75 Å². The highest BCUT2D eigenvalue weighted by molar-refractivity contribution is 5.82. The van der Waals surface area contributed by atoms with Crippen molar-refractivity contribution in [1.82, 2.24) is 15.1 Å². The van der Waals surface area contributed by atoms with Crippen molar-refractivity contribution in [3.05, 3.63) is 30.3 Å². The Morgan fingerprint density at radius 3 is 2.38 bits per heavy atom. The molecule has 0 radical (unpaired) electrons. The highest BCUT2D eigenvalue weighted by Gasteiger charge is 2.36. The van der Waals surface area contributed by atoms with Crippen molar-refractivity contribution >= 4 is 11.8 Å². The molecule has 1 saturated heterocycles. The van der Waals surface area contributed by atoms with Gasteiger partial charge >= 0.3 is 0 Å². The van der Waals surface area contributed by atoms with E-state index in [2.05, 4.69) is 10.2 Å². The van der Waals surface area contributed by atoms with Gasteiger partial charge in [0.05, 0.1) is 6.04 Å². The standard InChI is InChI=1S/C20H29N3O3/c1-21-20(25)19(16-7-5-6-8-16)23-13-11-22(12-14-23)18(24)15-26-17-9-3-2-4-10-17/h2-4,9-10,16,19H,5-8,11-15H2,1H3,(H,21,25). The van der Waals surface area contributed by atoms with Crippen molar-refractivity contribution in [3.8, 4) is 5.75 Å². The molecule has 1 saturated carbocycles. The Morgan fingerprint density at radius 2 is 1.77 bits per heavy atom. The van der Waals surface area contributed by atoms with Crippen LogP contribution in [-0.4, -0.2) is 67.5 Å². The summed E-state index contributed by atoms with van der Waals surface area (Å²) in [6, 6.07) is 9.34. The first-order valence-electron chi connectivity index (χ1n) is 9.60. The molecule has 1 aromatic carbocycles. The number of rotatable bonds is 6. The molecular weight excluding hydrogens is 330 g/mol. The molecule has 142 valence electrons. The van der Waals surface area contributed by atoms with E-state index in [1.807, 2.05) is 35.2 Å². The van der Waals surface area contributed by atoms with Crippen LogP contribution >= 0.6 is 0 Å². The second-order valence-corrected chi connectivity index (χ2v) is 7.12. The highest BCUT2D eigenvalue weighted by atomic mass is 16.5. The van der Waals surface area contributed by atoms with Gasteiger partial charge in [0, 0.05) is 33.2 Å². The molecule has 1 aliphatic carbocycles. The Morgan fingerprint density at radius 1 is 1.12 bits per heavy atom. The molecule has 1 unspecified atom stereocenters. The Bertz CT molecular complexity index is 594. The summed E-state index contributed by atoms with van der Waals surface area (Å²) in [6.07, 6.45) is 4.69. The van der Waals surface area contributed by atoms with Crippen molar-refractivity contribution in [3.63, 3.8) is 0 Å². The Labute approximate surface area is 155 Å². The number of benzene rings is 1. The third-order valence-electron chi connectivity index (χ3n) is 5.53. The molecular formula is C20H29N3O3. The summed E-state index contributed by atoms with van der Waals surface area (Å²) < 4.78 is 5.56. The number of amides is 2. The van der Waals surface area contributed by atoms with E-state index in [0.29, 0.717) is 24.8 Å². The molecule has 3 rings (SSSR count). The lowest BCUT2D eigenvalue weighted by molar-refractivity contribution is -0.137. The number of piperazine rings is 1. The molecule has 2 fully saturated rings. The van der Waals surface area contributed by atoms with Gasteiger partial charge in [-0.1, -0.05) is 31.0 Å². The third kappa shape index (κ3) is 4.55. The van der Waals surface area contributed by atoms with Crippen molar-refractivity contribution < 1.29 is 14.3 Å². The van der Waals surface area contributed by atoms with Crippen LogP contribution in [0.4, 0.5) is 0 Å². The number of likely N-dealkylation sites (N-methyl/N-ethyl adjacent to an activating group) is 1. The van der Waals surface area contributed by atoms with Crippen LogP contribution in [0.2, 0.25) is 0 Å². The summed E-state index contributed by atoms with van der Waals surface area (Å²) in [6.45, 7) is 2.84. The average molecular weight is 359 g/mol. The topological polar surface area (TPSA) is 61.9 Å². The Hall–Kier alpha value is -2.08. The third-order valence-corrected chi connectivity index (χ3v) is 5.53. The normalized spacial score (nSPS) is 20.0. The van der Waals surface area contributed by atoms with Gasteiger partial charge in [-0.25, -0.2) is 0 Å². The predicted octanol–water partition coefficient (Wildman–Crippen LogP) is 1.51. The van der Waals surface area contributed by atoms with Crippen molar-refractivity contribution in [2.24, 2.45) is 5.92 Å². The van der Waals surface area contributed by atoms with Crippen LogP contribution in [0.15, 0.2) is 30.3 Å². The zero-order valence-electron chi connectivity index (χ0n) is 15.5. The molecule has 6 heteroatoms. The summed E-state index contributed by atoms with van der Waals surface area (Å²) in [4.78, 5) is 28.9. The number of hydrogen-bond donors (Lipinski definition) is 1. The predicted molar refractivity (Wildman–Crippen MR) is 99.9 cm³/mol. The molecule has 1 heterocycles. The number of para-hydroxylation sites is 1. The molecule has 0 aromatic heterocycles. The maximum Gasteiger partial charge on any atom is 0.260 e. The van der Waals surface area contributed by atoms with Crippen LogP contribution in [0.3, 0.4) is 0 Å². The molecule has 0 bridgehead atoms. The van der Waals surface area contributed by atoms with E-state index >= 15 is 0 Å². The largest absolute Gasteiger partial charge is 0.484 e. The van der Waals surface area contributed by atoms with Gasteiger partial charge in [-0.05, 0) is 30.9 Å². The van der Waals surface area contributed by atoms with Gasteiger partial charge in [0.2, 0.25) is 5.91 Å². The van der Waals surface area contributed by atoms with E-state index in [-0.39, 0.29) is 24.5 Å². The zero-order valence-corrected chi connectivity index (χ0v) is 15.5. The smallest absolute Gasteiger partial charge is 0.260 e. The first kappa shape index (κ1) is 18.7. The second-order valence-electron chi connectivity index (χ2n) is 7.12. The fourth-order valence-electron chi connectivity index (χ4n) is 4.10. The number of hydrogen-bond acceptors (Lipinski definition) is 4. The van der Waals surface area contributed by atoms with Gasteiger partial charge in [0.15, 0.2) is 6.61 Å². The second kappa shape index (κ2) is 9.03. The number of ether oxygens (including phenoxy) is 1. The molecule has 26 heavy (non-hydrogen) atoms. The number of carbonyl (C=O) groups is 2. The molecule has 1 N–H and O–H groups in total. The van der Waals surface area contributed by atoms with Gasteiger partial charge in [-0.15, -0.1) is 0 Å². The molecule has 1 aliphatic heterocycles. The summed E-state index contributed by atoms with van der Waals surface area (Å²) in [5, 5.41) is 2.83. The van der Waals surface area contributed by atoms with Crippen LogP contribution in [0.1, 0.15) is 25.7 Å². The number of nitrogens with one attached hydrogen (secondary N) is 1. The number of nitrogens with zero attached hydrogens (tertiary/aromatic N) is 2. The lowest BCUT2D eigenvalue weighted by atomic mass is 9.95. The Balaban J connectivity index is 1.50. The Kier molecular flexibility index (Phi) is 6.50. The van der Waals surface area contributed by atoms with Gasteiger partial charge in [0.25, 0.3) is 5.91 Å². The molecule has 1 aromatic rings. The average Bonchev–Trinajstić information content (AvgIpc) is 3.21. The minimum atomic E-state index is -0.0553. The SMILES string of the molecule is CNC(=O)C(C1CCCC1)N1CCN(C(=O)COc2ccccc2)CC1. The van der Waals surface area contributed by atoms with Crippen LogP contribution < -0.4 is 10.1 Å². The highest BCUT2D eigenvalue weighted by Crippen LogP contribution is 2.31. The molecule has 0 spiro atoms. The summed E-state index contributed by atoms with van der Waals surface area (Å²) in [5.41, 5.74) is 0. The molecule has 2 amide bonds. The molecule has 2 aliphatic rings. The van der Waals surface area contributed by atoms with E-state index < -0.39 is 0 Å². The van der Waals surface area contributed by atoms with Gasteiger partial charge in [-0.3, -0.25) is 14.5 Å². The maximum absolute atomic E-state index is 12.4. The van der Waals surface area contributed by atoms with E-state index in [0.717, 1.165) is 25.9 Å². The van der Waals surface area contributed by atoms with E-state index in [4.69, 9.17) is 4.74 Å². The van der Waals surface area contributed by atoms with Crippen LogP contribution in [0.5, 0.6) is 5.75 Å². The fraction of sp³-hybridized carbons (Fsp3) is 0.600. The van der Waals surface area contributed by atoms with Crippen LogP contribution in [-0.2, 0) is 9.59 Å². The maximum atomic E-state index is 12.4. The first-order chi connectivity index (χ1) is 12.7.